The van der Waals surface area contributed by atoms with Crippen LogP contribution in [0.4, 0.5) is 5.69 Å². The van der Waals surface area contributed by atoms with E-state index in [1.165, 1.54) is 0 Å². The number of nitrogens with two attached hydrogens (primary N) is 1. The Labute approximate surface area is 89.8 Å². The summed E-state index contributed by atoms with van der Waals surface area (Å²) < 4.78 is 4.99. The predicted octanol–water partition coefficient (Wildman–Crippen LogP) is 0.633. The number of ether oxygens (including phenoxy) is 1. The minimum absolute atomic E-state index is 0.530. The van der Waals surface area contributed by atoms with Gasteiger partial charge in [-0.25, -0.2) is 4.98 Å². The van der Waals surface area contributed by atoms with Gasteiger partial charge in [0.25, 0.3) is 0 Å². The number of anilines is 1. The van der Waals surface area contributed by atoms with Gasteiger partial charge in [-0.3, -0.25) is 0 Å². The highest BCUT2D eigenvalue weighted by molar-refractivity contribution is 5.52. The minimum atomic E-state index is 0.530. The topological polar surface area (TPSA) is 60.2 Å². The zero-order valence-corrected chi connectivity index (χ0v) is 9.00. The van der Waals surface area contributed by atoms with Gasteiger partial charge in [-0.05, 0) is 19.0 Å². The fourth-order valence-corrected chi connectivity index (χ4v) is 1.000. The van der Waals surface area contributed by atoms with E-state index in [-0.39, 0.29) is 0 Å². The molecule has 0 amide bonds. The van der Waals surface area contributed by atoms with Gasteiger partial charge in [0.15, 0.2) is 0 Å². The summed E-state index contributed by atoms with van der Waals surface area (Å²) in [6.07, 6.45) is 0.773. The van der Waals surface area contributed by atoms with Crippen LogP contribution < -0.4 is 15.8 Å². The third-order valence-electron chi connectivity index (χ3n) is 1.82. The first-order valence-corrected chi connectivity index (χ1v) is 4.72. The Balaban J connectivity index is 2.77. The summed E-state index contributed by atoms with van der Waals surface area (Å²) in [5.41, 5.74) is 6.87. The summed E-state index contributed by atoms with van der Waals surface area (Å²) in [5.74, 6) is 6.43. The van der Waals surface area contributed by atoms with Gasteiger partial charge < -0.3 is 15.8 Å². The first-order chi connectivity index (χ1) is 7.27. The van der Waals surface area contributed by atoms with Gasteiger partial charge in [0.1, 0.15) is 5.69 Å². The normalized spacial score (nSPS) is 9.20. The van der Waals surface area contributed by atoms with Crippen LogP contribution in [0.2, 0.25) is 0 Å². The van der Waals surface area contributed by atoms with Gasteiger partial charge in [0.2, 0.25) is 5.88 Å². The summed E-state index contributed by atoms with van der Waals surface area (Å²) in [6, 6.07) is 3.46. The van der Waals surface area contributed by atoms with E-state index in [0.29, 0.717) is 17.3 Å². The Hall–Kier alpha value is -1.73. The van der Waals surface area contributed by atoms with Gasteiger partial charge >= 0.3 is 0 Å². The number of hydrogen-bond donors (Lipinski definition) is 2. The van der Waals surface area contributed by atoms with E-state index >= 15 is 0 Å². The molecule has 4 nitrogen and oxygen atoms in total. The van der Waals surface area contributed by atoms with E-state index in [1.807, 2.05) is 7.05 Å². The fourth-order valence-electron chi connectivity index (χ4n) is 1.000. The molecule has 0 aliphatic heterocycles. The van der Waals surface area contributed by atoms with Crippen LogP contribution in [0.25, 0.3) is 0 Å². The molecule has 15 heavy (non-hydrogen) atoms. The monoisotopic (exact) mass is 205 g/mol. The molecule has 0 saturated carbocycles. The molecule has 0 spiro atoms. The lowest BCUT2D eigenvalue weighted by Gasteiger charge is -2.00. The number of hydrogen-bond acceptors (Lipinski definition) is 4. The average Bonchev–Trinajstić information content (AvgIpc) is 2.26. The van der Waals surface area contributed by atoms with E-state index in [0.717, 1.165) is 13.0 Å². The maximum absolute atomic E-state index is 5.72. The standard InChI is InChI=1S/C11H15N3O/c1-13-8-4-3-5-10-9(12)6-7-11(14-10)15-2/h6-7,13H,4,8,12H2,1-2H3. The number of nitrogen functional groups attached to an aromatic ring is 1. The second-order valence-electron chi connectivity index (χ2n) is 2.95. The molecule has 0 bridgehead atoms. The number of pyridine rings is 1. The summed E-state index contributed by atoms with van der Waals surface area (Å²) >= 11 is 0. The predicted molar refractivity (Wildman–Crippen MR) is 60.6 cm³/mol. The number of nitrogens with one attached hydrogen (secondary N) is 1. The first kappa shape index (κ1) is 11.3. The smallest absolute Gasteiger partial charge is 0.214 e. The SMILES string of the molecule is CNCCC#Cc1nc(OC)ccc1N. The molecule has 3 N–H and O–H groups in total. The van der Waals surface area contributed by atoms with Crippen LogP contribution in [0, 0.1) is 11.8 Å². The second kappa shape index (κ2) is 5.89. The Kier molecular flexibility index (Phi) is 4.45. The van der Waals surface area contributed by atoms with Crippen LogP contribution in [0.1, 0.15) is 12.1 Å². The zero-order chi connectivity index (χ0) is 11.1. The molecular formula is C11H15N3O. The third-order valence-corrected chi connectivity index (χ3v) is 1.82. The lowest BCUT2D eigenvalue weighted by molar-refractivity contribution is 0.397. The zero-order valence-electron chi connectivity index (χ0n) is 9.00. The van der Waals surface area contributed by atoms with Gasteiger partial charge in [-0.1, -0.05) is 5.92 Å². The molecule has 0 unspecified atom stereocenters. The molecule has 0 aromatic carbocycles. The van der Waals surface area contributed by atoms with E-state index in [2.05, 4.69) is 22.1 Å². The van der Waals surface area contributed by atoms with Crippen LogP contribution in [0.5, 0.6) is 5.88 Å². The second-order valence-corrected chi connectivity index (χ2v) is 2.95. The molecule has 1 aromatic heterocycles. The Bertz CT molecular complexity index is 379. The van der Waals surface area contributed by atoms with Gasteiger partial charge in [0, 0.05) is 19.0 Å². The summed E-state index contributed by atoms with van der Waals surface area (Å²) in [7, 11) is 3.45. The summed E-state index contributed by atoms with van der Waals surface area (Å²) in [5, 5.41) is 3.01. The van der Waals surface area contributed by atoms with Gasteiger partial charge in [0.05, 0.1) is 12.8 Å². The van der Waals surface area contributed by atoms with Crippen LogP contribution >= 0.6 is 0 Å². The molecule has 80 valence electrons. The third kappa shape index (κ3) is 3.49. The Morgan fingerprint density at radius 3 is 3.00 bits per heavy atom. The van der Waals surface area contributed by atoms with Crippen molar-refractivity contribution < 1.29 is 4.74 Å². The molecular weight excluding hydrogens is 190 g/mol. The lowest BCUT2D eigenvalue weighted by atomic mass is 10.3. The van der Waals surface area contributed by atoms with E-state index in [1.54, 1.807) is 19.2 Å². The lowest BCUT2D eigenvalue weighted by Crippen LogP contribution is -2.06. The van der Waals surface area contributed by atoms with Crippen molar-refractivity contribution in [3.8, 4) is 17.7 Å². The molecule has 4 heteroatoms. The van der Waals surface area contributed by atoms with E-state index < -0.39 is 0 Å². The quantitative estimate of drug-likeness (QED) is 0.561. The van der Waals surface area contributed by atoms with Crippen LogP contribution in [-0.2, 0) is 0 Å². The number of aromatic nitrogens is 1. The largest absolute Gasteiger partial charge is 0.481 e. The van der Waals surface area contributed by atoms with E-state index in [4.69, 9.17) is 10.5 Å². The summed E-state index contributed by atoms with van der Waals surface area (Å²) in [6.45, 7) is 0.858. The van der Waals surface area contributed by atoms with Crippen molar-refractivity contribution in [2.24, 2.45) is 0 Å². The van der Waals surface area contributed by atoms with Gasteiger partial charge in [-0.2, -0.15) is 0 Å². The molecule has 0 aliphatic rings. The van der Waals surface area contributed by atoms with Crippen LogP contribution in [0.15, 0.2) is 12.1 Å². The fraction of sp³-hybridized carbons (Fsp3) is 0.364. The minimum Gasteiger partial charge on any atom is -0.481 e. The number of nitrogens with zero attached hydrogens (tertiary/aromatic N) is 1. The number of methoxy groups -OCH3 is 1. The average molecular weight is 205 g/mol. The highest BCUT2D eigenvalue weighted by Gasteiger charge is 1.99. The molecule has 1 aromatic rings. The molecule has 1 rings (SSSR count). The van der Waals surface area contributed by atoms with Crippen molar-refractivity contribution >= 4 is 5.69 Å². The van der Waals surface area contributed by atoms with Crippen molar-refractivity contribution in [3.05, 3.63) is 17.8 Å². The van der Waals surface area contributed by atoms with E-state index in [9.17, 15) is 0 Å². The highest BCUT2D eigenvalue weighted by atomic mass is 16.5. The number of rotatable bonds is 3. The summed E-state index contributed by atoms with van der Waals surface area (Å²) in [4.78, 5) is 4.15. The van der Waals surface area contributed by atoms with Crippen molar-refractivity contribution in [2.75, 3.05) is 26.4 Å². The maximum atomic E-state index is 5.72. The van der Waals surface area contributed by atoms with Gasteiger partial charge in [-0.15, -0.1) is 0 Å². The van der Waals surface area contributed by atoms with Crippen molar-refractivity contribution in [3.63, 3.8) is 0 Å². The molecule has 0 aliphatic carbocycles. The van der Waals surface area contributed by atoms with Crippen LogP contribution in [-0.4, -0.2) is 25.7 Å². The van der Waals surface area contributed by atoms with Crippen molar-refractivity contribution in [1.29, 1.82) is 0 Å². The van der Waals surface area contributed by atoms with Crippen molar-refractivity contribution in [2.45, 2.75) is 6.42 Å². The molecule has 0 radical (unpaired) electrons. The Morgan fingerprint density at radius 1 is 1.53 bits per heavy atom. The molecule has 0 fully saturated rings. The Morgan fingerprint density at radius 2 is 2.33 bits per heavy atom. The highest BCUT2D eigenvalue weighted by Crippen LogP contribution is 2.13. The maximum Gasteiger partial charge on any atom is 0.214 e. The molecule has 0 saturated heterocycles. The molecule has 1 heterocycles. The first-order valence-electron chi connectivity index (χ1n) is 4.72. The molecule has 0 atom stereocenters. The van der Waals surface area contributed by atoms with Crippen LogP contribution in [0.3, 0.4) is 0 Å². The van der Waals surface area contributed by atoms with Crippen molar-refractivity contribution in [1.82, 2.24) is 10.3 Å².